The third kappa shape index (κ3) is 5.45. The van der Waals surface area contributed by atoms with Gasteiger partial charge in [-0.25, -0.2) is 4.39 Å². The van der Waals surface area contributed by atoms with Gasteiger partial charge in [-0.3, -0.25) is 0 Å². The van der Waals surface area contributed by atoms with E-state index in [-0.39, 0.29) is 5.82 Å². The molecule has 0 heterocycles. The zero-order valence-electron chi connectivity index (χ0n) is 12.7. The van der Waals surface area contributed by atoms with Crippen molar-refractivity contribution >= 4 is 23.0 Å². The molecule has 1 unspecified atom stereocenters. The lowest BCUT2D eigenvalue weighted by Crippen LogP contribution is -2.33. The van der Waals surface area contributed by atoms with Crippen LogP contribution < -0.4 is 10.6 Å². The van der Waals surface area contributed by atoms with Gasteiger partial charge >= 0.3 is 0 Å². The third-order valence-electron chi connectivity index (χ3n) is 3.60. The lowest BCUT2D eigenvalue weighted by molar-refractivity contribution is 0.498. The van der Waals surface area contributed by atoms with Crippen molar-refractivity contribution in [1.29, 1.82) is 0 Å². The van der Waals surface area contributed by atoms with E-state index >= 15 is 0 Å². The molecule has 0 aliphatic heterocycles. The molecule has 0 aliphatic rings. The van der Waals surface area contributed by atoms with Crippen molar-refractivity contribution in [3.63, 3.8) is 0 Å². The van der Waals surface area contributed by atoms with Crippen molar-refractivity contribution in [1.82, 2.24) is 5.32 Å². The summed E-state index contributed by atoms with van der Waals surface area (Å²) in [5.41, 5.74) is 2.13. The number of nitrogens with one attached hydrogen (secondary N) is 2. The van der Waals surface area contributed by atoms with Gasteiger partial charge in [0.2, 0.25) is 0 Å². The highest BCUT2D eigenvalue weighted by molar-refractivity contribution is 7.80. The van der Waals surface area contributed by atoms with Crippen LogP contribution in [0, 0.1) is 11.7 Å². The Labute approximate surface area is 136 Å². The number of anilines is 1. The van der Waals surface area contributed by atoms with Gasteiger partial charge in [0.1, 0.15) is 5.82 Å². The molecule has 2 rings (SSSR count). The van der Waals surface area contributed by atoms with Crippen LogP contribution in [0.25, 0.3) is 0 Å². The molecular weight excluding hydrogens is 295 g/mol. The first-order valence-corrected chi connectivity index (χ1v) is 7.92. The van der Waals surface area contributed by atoms with Crippen LogP contribution in [0.1, 0.15) is 18.9 Å². The van der Waals surface area contributed by atoms with E-state index in [0.717, 1.165) is 25.1 Å². The van der Waals surface area contributed by atoms with Crippen molar-refractivity contribution < 1.29 is 4.39 Å². The first-order chi connectivity index (χ1) is 10.7. The second-order valence-electron chi connectivity index (χ2n) is 5.31. The second kappa shape index (κ2) is 8.49. The van der Waals surface area contributed by atoms with Crippen LogP contribution in [0.3, 0.4) is 0 Å². The molecule has 2 N–H and O–H groups in total. The third-order valence-corrected chi connectivity index (χ3v) is 3.84. The Balaban J connectivity index is 1.79. The topological polar surface area (TPSA) is 24.1 Å². The highest BCUT2D eigenvalue weighted by Gasteiger charge is 2.08. The van der Waals surface area contributed by atoms with E-state index in [1.54, 1.807) is 12.1 Å². The fourth-order valence-electron chi connectivity index (χ4n) is 2.25. The average molecular weight is 316 g/mol. The lowest BCUT2D eigenvalue weighted by atomic mass is 9.97. The maximum absolute atomic E-state index is 12.9. The van der Waals surface area contributed by atoms with E-state index in [4.69, 9.17) is 12.2 Å². The van der Waals surface area contributed by atoms with Crippen LogP contribution in [0.4, 0.5) is 10.1 Å². The monoisotopic (exact) mass is 316 g/mol. The molecule has 0 spiro atoms. The summed E-state index contributed by atoms with van der Waals surface area (Å²) in [5, 5.41) is 6.88. The standard InChI is InChI=1S/C18H21FN2S/c1-2-14(12-15-6-4-3-5-7-15)13-20-18(22)21-17-10-8-16(19)9-11-17/h3-11,14H,2,12-13H2,1H3,(H2,20,21,22). The molecule has 0 amide bonds. The predicted molar refractivity (Wildman–Crippen MR) is 94.6 cm³/mol. The Morgan fingerprint density at radius 2 is 1.77 bits per heavy atom. The van der Waals surface area contributed by atoms with Gasteiger partial charge in [0.05, 0.1) is 0 Å². The Hall–Kier alpha value is -1.94. The summed E-state index contributed by atoms with van der Waals surface area (Å²) in [6.45, 7) is 3.00. The molecule has 1 atom stereocenters. The molecule has 0 bridgehead atoms. The van der Waals surface area contributed by atoms with Crippen molar-refractivity contribution in [3.8, 4) is 0 Å². The highest BCUT2D eigenvalue weighted by atomic mass is 32.1. The van der Waals surface area contributed by atoms with Gasteiger partial charge in [0, 0.05) is 12.2 Å². The van der Waals surface area contributed by atoms with Gasteiger partial charge in [0.25, 0.3) is 0 Å². The number of halogens is 1. The zero-order chi connectivity index (χ0) is 15.8. The summed E-state index contributed by atoms with van der Waals surface area (Å²) in [6.07, 6.45) is 2.12. The molecule has 4 heteroatoms. The van der Waals surface area contributed by atoms with Crippen LogP contribution in [0.5, 0.6) is 0 Å². The maximum Gasteiger partial charge on any atom is 0.170 e. The molecule has 2 aromatic carbocycles. The van der Waals surface area contributed by atoms with Crippen LogP contribution in [0.15, 0.2) is 54.6 Å². The normalized spacial score (nSPS) is 11.7. The summed E-state index contributed by atoms with van der Waals surface area (Å²) < 4.78 is 12.9. The van der Waals surface area contributed by atoms with Gasteiger partial charge < -0.3 is 10.6 Å². The van der Waals surface area contributed by atoms with Crippen LogP contribution in [0.2, 0.25) is 0 Å². The summed E-state index contributed by atoms with van der Waals surface area (Å²) in [4.78, 5) is 0. The van der Waals surface area contributed by atoms with E-state index < -0.39 is 0 Å². The average Bonchev–Trinajstić information content (AvgIpc) is 2.54. The molecular formula is C18H21FN2S. The fourth-order valence-corrected chi connectivity index (χ4v) is 2.46. The maximum atomic E-state index is 12.9. The highest BCUT2D eigenvalue weighted by Crippen LogP contribution is 2.12. The Morgan fingerprint density at radius 3 is 2.41 bits per heavy atom. The Bertz CT molecular complexity index is 584. The van der Waals surface area contributed by atoms with E-state index in [9.17, 15) is 4.39 Å². The SMILES string of the molecule is CCC(CNC(=S)Nc1ccc(F)cc1)Cc1ccccc1. The number of rotatable bonds is 6. The number of benzene rings is 2. The number of hydrogen-bond acceptors (Lipinski definition) is 1. The molecule has 0 fully saturated rings. The number of hydrogen-bond donors (Lipinski definition) is 2. The summed E-state index contributed by atoms with van der Waals surface area (Å²) in [5.74, 6) is 0.272. The lowest BCUT2D eigenvalue weighted by Gasteiger charge is -2.17. The molecule has 0 saturated carbocycles. The number of thiocarbonyl (C=S) groups is 1. The van der Waals surface area contributed by atoms with Crippen LogP contribution in [-0.2, 0) is 6.42 Å². The van der Waals surface area contributed by atoms with Gasteiger partial charge in [-0.1, -0.05) is 43.7 Å². The minimum atomic E-state index is -0.252. The summed E-state index contributed by atoms with van der Waals surface area (Å²) in [7, 11) is 0. The quantitative estimate of drug-likeness (QED) is 0.773. The molecule has 22 heavy (non-hydrogen) atoms. The van der Waals surface area contributed by atoms with Gasteiger partial charge in [-0.2, -0.15) is 0 Å². The largest absolute Gasteiger partial charge is 0.362 e. The first-order valence-electron chi connectivity index (χ1n) is 7.51. The van der Waals surface area contributed by atoms with E-state index in [1.807, 2.05) is 6.07 Å². The minimum Gasteiger partial charge on any atom is -0.362 e. The van der Waals surface area contributed by atoms with Crippen molar-refractivity contribution in [2.24, 2.45) is 5.92 Å². The molecule has 0 saturated heterocycles. The molecule has 0 aliphatic carbocycles. The van der Waals surface area contributed by atoms with Gasteiger partial charge in [-0.05, 0) is 54.4 Å². The van der Waals surface area contributed by atoms with Crippen molar-refractivity contribution in [2.75, 3.05) is 11.9 Å². The predicted octanol–water partition coefficient (Wildman–Crippen LogP) is 4.38. The first kappa shape index (κ1) is 16.4. The van der Waals surface area contributed by atoms with E-state index in [1.165, 1.54) is 17.7 Å². The van der Waals surface area contributed by atoms with Crippen molar-refractivity contribution in [3.05, 3.63) is 66.0 Å². The molecule has 2 nitrogen and oxygen atoms in total. The Kier molecular flexibility index (Phi) is 6.34. The summed E-state index contributed by atoms with van der Waals surface area (Å²) >= 11 is 5.28. The zero-order valence-corrected chi connectivity index (χ0v) is 13.5. The van der Waals surface area contributed by atoms with Crippen LogP contribution >= 0.6 is 12.2 Å². The van der Waals surface area contributed by atoms with E-state index in [0.29, 0.717) is 11.0 Å². The van der Waals surface area contributed by atoms with E-state index in [2.05, 4.69) is 41.8 Å². The fraction of sp³-hybridized carbons (Fsp3) is 0.278. The van der Waals surface area contributed by atoms with Crippen molar-refractivity contribution in [2.45, 2.75) is 19.8 Å². The molecule has 0 radical (unpaired) electrons. The molecule has 116 valence electrons. The van der Waals surface area contributed by atoms with Gasteiger partial charge in [-0.15, -0.1) is 0 Å². The minimum absolute atomic E-state index is 0.252. The molecule has 0 aromatic heterocycles. The van der Waals surface area contributed by atoms with Crippen LogP contribution in [-0.4, -0.2) is 11.7 Å². The summed E-state index contributed by atoms with van der Waals surface area (Å²) in [6, 6.07) is 16.6. The smallest absolute Gasteiger partial charge is 0.170 e. The Morgan fingerprint density at radius 1 is 1.09 bits per heavy atom. The molecule has 2 aromatic rings. The second-order valence-corrected chi connectivity index (χ2v) is 5.71. The van der Waals surface area contributed by atoms with Gasteiger partial charge in [0.15, 0.2) is 5.11 Å².